The van der Waals surface area contributed by atoms with E-state index in [2.05, 4.69) is 25.0 Å². The molecule has 1 aromatic carbocycles. The Morgan fingerprint density at radius 3 is 2.50 bits per heavy atom. The summed E-state index contributed by atoms with van der Waals surface area (Å²) in [6, 6.07) is 14.1. The Hall–Kier alpha value is -2.13. The molecule has 0 aliphatic rings. The fraction of sp³-hybridized carbons (Fsp3) is 0.235. The van der Waals surface area contributed by atoms with Gasteiger partial charge in [0.25, 0.3) is 0 Å². The molecule has 2 heterocycles. The minimum absolute atomic E-state index is 0.00637. The molecule has 20 heavy (non-hydrogen) atoms. The van der Waals surface area contributed by atoms with Crippen LogP contribution in [0.1, 0.15) is 30.9 Å². The maximum absolute atomic E-state index is 9.86. The third-order valence-corrected chi connectivity index (χ3v) is 3.61. The molecule has 1 N–H and O–H groups in total. The van der Waals surface area contributed by atoms with Gasteiger partial charge < -0.3 is 5.11 Å². The molecular weight excluding hydrogens is 248 g/mol. The van der Waals surface area contributed by atoms with E-state index in [1.807, 2.05) is 47.1 Å². The Labute approximate surface area is 118 Å². The molecule has 2 aromatic heterocycles. The summed E-state index contributed by atoms with van der Waals surface area (Å²) < 4.78 is 1.90. The van der Waals surface area contributed by atoms with Crippen LogP contribution in [0, 0.1) is 0 Å². The zero-order valence-corrected chi connectivity index (χ0v) is 11.7. The molecule has 102 valence electrons. The van der Waals surface area contributed by atoms with Crippen molar-refractivity contribution in [2.75, 3.05) is 0 Å². The summed E-state index contributed by atoms with van der Waals surface area (Å²) in [6.45, 7) is 4.30. The fourth-order valence-corrected chi connectivity index (χ4v) is 2.76. The third kappa shape index (κ3) is 2.00. The first kappa shape index (κ1) is 12.9. The SMILES string of the molecule is CC(C)c1c(CO)c(-c2ccccc2)nn2cccc12. The molecule has 0 unspecified atom stereocenters. The Morgan fingerprint density at radius 2 is 1.85 bits per heavy atom. The van der Waals surface area contributed by atoms with Crippen molar-refractivity contribution in [3.05, 3.63) is 59.8 Å². The number of fused-ring (bicyclic) bond motifs is 1. The first-order valence-electron chi connectivity index (χ1n) is 6.88. The van der Waals surface area contributed by atoms with E-state index in [1.54, 1.807) is 0 Å². The predicted molar refractivity (Wildman–Crippen MR) is 80.6 cm³/mol. The average Bonchev–Trinajstić information content (AvgIpc) is 2.93. The van der Waals surface area contributed by atoms with Gasteiger partial charge in [-0.05, 0) is 23.6 Å². The highest BCUT2D eigenvalue weighted by Gasteiger charge is 2.17. The van der Waals surface area contributed by atoms with E-state index >= 15 is 0 Å². The lowest BCUT2D eigenvalue weighted by Crippen LogP contribution is -2.07. The van der Waals surface area contributed by atoms with Crippen LogP contribution in [0.25, 0.3) is 16.8 Å². The van der Waals surface area contributed by atoms with E-state index in [4.69, 9.17) is 0 Å². The maximum Gasteiger partial charge on any atom is 0.0970 e. The molecule has 0 atom stereocenters. The minimum atomic E-state index is 0.00637. The molecule has 0 bridgehead atoms. The van der Waals surface area contributed by atoms with Gasteiger partial charge >= 0.3 is 0 Å². The van der Waals surface area contributed by atoms with Gasteiger partial charge in [0.05, 0.1) is 17.8 Å². The molecule has 0 fully saturated rings. The number of benzene rings is 1. The normalized spacial score (nSPS) is 11.4. The highest BCUT2D eigenvalue weighted by atomic mass is 16.3. The number of aliphatic hydroxyl groups excluding tert-OH is 1. The molecule has 0 radical (unpaired) electrons. The number of nitrogens with zero attached hydrogens (tertiary/aromatic N) is 2. The van der Waals surface area contributed by atoms with Gasteiger partial charge in [0, 0.05) is 17.3 Å². The van der Waals surface area contributed by atoms with Crippen molar-refractivity contribution in [3.8, 4) is 11.3 Å². The Balaban J connectivity index is 2.37. The van der Waals surface area contributed by atoms with Crippen molar-refractivity contribution in [2.45, 2.75) is 26.4 Å². The molecule has 0 aliphatic carbocycles. The Bertz CT molecular complexity index is 729. The summed E-state index contributed by atoms with van der Waals surface area (Å²) in [5.74, 6) is 0.333. The van der Waals surface area contributed by atoms with E-state index in [0.717, 1.165) is 22.3 Å². The summed E-state index contributed by atoms with van der Waals surface area (Å²) in [4.78, 5) is 0. The smallest absolute Gasteiger partial charge is 0.0970 e. The molecule has 3 aromatic rings. The number of aromatic nitrogens is 2. The van der Waals surface area contributed by atoms with Crippen LogP contribution < -0.4 is 0 Å². The molecule has 0 saturated carbocycles. The van der Waals surface area contributed by atoms with Gasteiger partial charge in [-0.3, -0.25) is 0 Å². The highest BCUT2D eigenvalue weighted by molar-refractivity contribution is 5.70. The number of hydrogen-bond donors (Lipinski definition) is 1. The number of hydrogen-bond acceptors (Lipinski definition) is 2. The maximum atomic E-state index is 9.86. The summed E-state index contributed by atoms with van der Waals surface area (Å²) in [7, 11) is 0. The molecule has 3 heteroatoms. The van der Waals surface area contributed by atoms with Gasteiger partial charge in [-0.2, -0.15) is 5.10 Å². The number of aliphatic hydroxyl groups is 1. The summed E-state index contributed by atoms with van der Waals surface area (Å²) in [5, 5.41) is 14.5. The van der Waals surface area contributed by atoms with Gasteiger partial charge in [-0.15, -0.1) is 0 Å². The predicted octanol–water partition coefficient (Wildman–Crippen LogP) is 3.62. The lowest BCUT2D eigenvalue weighted by atomic mass is 9.94. The zero-order chi connectivity index (χ0) is 14.1. The summed E-state index contributed by atoms with van der Waals surface area (Å²) >= 11 is 0. The average molecular weight is 266 g/mol. The standard InChI is InChI=1S/C17H18N2O/c1-12(2)16-14(11-20)17(13-7-4-3-5-8-13)18-19-10-6-9-15(16)19/h3-10,12,20H,11H2,1-2H3. The third-order valence-electron chi connectivity index (χ3n) is 3.61. The molecule has 0 spiro atoms. The molecule has 0 saturated heterocycles. The van der Waals surface area contributed by atoms with E-state index in [9.17, 15) is 5.11 Å². The molecule has 0 aliphatic heterocycles. The van der Waals surface area contributed by atoms with Gasteiger partial charge in [0.15, 0.2) is 0 Å². The van der Waals surface area contributed by atoms with Gasteiger partial charge in [0.1, 0.15) is 0 Å². The van der Waals surface area contributed by atoms with Crippen LogP contribution >= 0.6 is 0 Å². The summed E-state index contributed by atoms with van der Waals surface area (Å²) in [6.07, 6.45) is 1.95. The summed E-state index contributed by atoms with van der Waals surface area (Å²) in [5.41, 5.74) is 5.07. The quantitative estimate of drug-likeness (QED) is 0.786. The lowest BCUT2D eigenvalue weighted by Gasteiger charge is -2.17. The highest BCUT2D eigenvalue weighted by Crippen LogP contribution is 2.31. The van der Waals surface area contributed by atoms with Crippen LogP contribution in [-0.2, 0) is 6.61 Å². The van der Waals surface area contributed by atoms with E-state index in [0.29, 0.717) is 5.92 Å². The van der Waals surface area contributed by atoms with Crippen molar-refractivity contribution >= 4 is 5.52 Å². The van der Waals surface area contributed by atoms with Crippen molar-refractivity contribution < 1.29 is 5.11 Å². The Kier molecular flexibility index (Phi) is 3.28. The van der Waals surface area contributed by atoms with Crippen molar-refractivity contribution in [2.24, 2.45) is 0 Å². The largest absolute Gasteiger partial charge is 0.392 e. The van der Waals surface area contributed by atoms with Crippen LogP contribution in [0.2, 0.25) is 0 Å². The van der Waals surface area contributed by atoms with Crippen LogP contribution in [0.4, 0.5) is 0 Å². The zero-order valence-electron chi connectivity index (χ0n) is 11.7. The molecule has 3 nitrogen and oxygen atoms in total. The van der Waals surface area contributed by atoms with Gasteiger partial charge in [0.2, 0.25) is 0 Å². The van der Waals surface area contributed by atoms with E-state index in [1.165, 1.54) is 5.56 Å². The lowest BCUT2D eigenvalue weighted by molar-refractivity contribution is 0.280. The van der Waals surface area contributed by atoms with Crippen LogP contribution in [0.3, 0.4) is 0 Å². The van der Waals surface area contributed by atoms with Crippen molar-refractivity contribution in [1.82, 2.24) is 9.61 Å². The molecular formula is C17H18N2O. The van der Waals surface area contributed by atoms with Crippen LogP contribution in [0.15, 0.2) is 48.7 Å². The second-order valence-electron chi connectivity index (χ2n) is 5.26. The second-order valence-corrected chi connectivity index (χ2v) is 5.26. The van der Waals surface area contributed by atoms with Gasteiger partial charge in [-0.25, -0.2) is 4.52 Å². The van der Waals surface area contributed by atoms with E-state index < -0.39 is 0 Å². The topological polar surface area (TPSA) is 37.5 Å². The van der Waals surface area contributed by atoms with Crippen LogP contribution in [-0.4, -0.2) is 14.7 Å². The fourth-order valence-electron chi connectivity index (χ4n) is 2.76. The second kappa shape index (κ2) is 5.10. The monoisotopic (exact) mass is 266 g/mol. The molecule has 0 amide bonds. The minimum Gasteiger partial charge on any atom is -0.392 e. The van der Waals surface area contributed by atoms with Gasteiger partial charge in [-0.1, -0.05) is 44.2 Å². The van der Waals surface area contributed by atoms with Crippen molar-refractivity contribution in [3.63, 3.8) is 0 Å². The van der Waals surface area contributed by atoms with Crippen LogP contribution in [0.5, 0.6) is 0 Å². The first-order chi connectivity index (χ1) is 9.72. The molecule has 3 rings (SSSR count). The van der Waals surface area contributed by atoms with Crippen molar-refractivity contribution in [1.29, 1.82) is 0 Å². The number of rotatable bonds is 3. The Morgan fingerprint density at radius 1 is 1.10 bits per heavy atom. The van der Waals surface area contributed by atoms with E-state index in [-0.39, 0.29) is 6.61 Å². The first-order valence-corrected chi connectivity index (χ1v) is 6.88.